The third-order valence-corrected chi connectivity index (χ3v) is 3.49. The fourth-order valence-corrected chi connectivity index (χ4v) is 2.28. The van der Waals surface area contributed by atoms with E-state index in [1.807, 2.05) is 13.8 Å². The lowest BCUT2D eigenvalue weighted by Gasteiger charge is -2.13. The zero-order valence-electron chi connectivity index (χ0n) is 11.5. The predicted molar refractivity (Wildman–Crippen MR) is 88.2 cm³/mol. The molecule has 2 N–H and O–H groups in total. The third kappa shape index (κ3) is 4.34. The average Bonchev–Trinajstić information content (AvgIpc) is 2.34. The minimum absolute atomic E-state index is 0.0354. The molecule has 3 nitrogen and oxygen atoms in total. The van der Waals surface area contributed by atoms with Crippen LogP contribution in [0.4, 0.5) is 5.69 Å². The second-order valence-corrected chi connectivity index (χ2v) is 5.92. The van der Waals surface area contributed by atoms with Crippen LogP contribution in [0.1, 0.15) is 13.8 Å². The van der Waals surface area contributed by atoms with Crippen molar-refractivity contribution in [1.82, 2.24) is 0 Å². The molecule has 0 saturated carbocycles. The van der Waals surface area contributed by atoms with Gasteiger partial charge in [-0.25, -0.2) is 0 Å². The van der Waals surface area contributed by atoms with Crippen LogP contribution >= 0.6 is 34.8 Å². The third-order valence-electron chi connectivity index (χ3n) is 2.48. The number of nitrogen functional groups attached to an aromatic ring is 1. The van der Waals surface area contributed by atoms with Crippen LogP contribution in [0, 0.1) is 0 Å². The molecule has 0 radical (unpaired) electrons. The predicted octanol–water partition coefficient (Wildman–Crippen LogP) is 5.81. The van der Waals surface area contributed by atoms with Gasteiger partial charge in [0, 0.05) is 30.0 Å². The molecule has 0 unspecified atom stereocenters. The summed E-state index contributed by atoms with van der Waals surface area (Å²) >= 11 is 17.9. The lowest BCUT2D eigenvalue weighted by Crippen LogP contribution is -2.05. The minimum Gasteiger partial charge on any atom is -0.491 e. The number of rotatable bonds is 4. The summed E-state index contributed by atoms with van der Waals surface area (Å²) in [6.45, 7) is 3.86. The van der Waals surface area contributed by atoms with E-state index in [1.165, 1.54) is 6.07 Å². The van der Waals surface area contributed by atoms with Gasteiger partial charge in [-0.1, -0.05) is 34.8 Å². The average molecular weight is 347 g/mol. The summed E-state index contributed by atoms with van der Waals surface area (Å²) < 4.78 is 11.3. The number of ether oxygens (including phenoxy) is 2. The molecule has 0 aliphatic carbocycles. The highest BCUT2D eigenvalue weighted by Gasteiger charge is 2.10. The zero-order chi connectivity index (χ0) is 15.6. The van der Waals surface area contributed by atoms with E-state index in [0.717, 1.165) is 0 Å². The standard InChI is InChI=1S/C15H14Cl3NO2/c1-8(2)20-10-3-9(19)4-11(5-10)21-15-7-13(17)12(16)6-14(15)18/h3-8H,19H2,1-2H3. The molecule has 2 aromatic carbocycles. The fraction of sp³-hybridized carbons (Fsp3) is 0.200. The van der Waals surface area contributed by atoms with E-state index in [-0.39, 0.29) is 6.10 Å². The van der Waals surface area contributed by atoms with Crippen molar-refractivity contribution >= 4 is 40.5 Å². The Morgan fingerprint density at radius 1 is 0.857 bits per heavy atom. The number of nitrogens with two attached hydrogens (primary N) is 1. The topological polar surface area (TPSA) is 44.5 Å². The van der Waals surface area contributed by atoms with E-state index >= 15 is 0 Å². The highest BCUT2D eigenvalue weighted by molar-refractivity contribution is 6.43. The summed E-state index contributed by atoms with van der Waals surface area (Å²) in [5, 5.41) is 1.09. The Bertz CT molecular complexity index is 660. The van der Waals surface area contributed by atoms with Gasteiger partial charge in [0.25, 0.3) is 0 Å². The fourth-order valence-electron chi connectivity index (χ4n) is 1.70. The van der Waals surface area contributed by atoms with Crippen molar-refractivity contribution in [1.29, 1.82) is 0 Å². The molecule has 0 spiro atoms. The SMILES string of the molecule is CC(C)Oc1cc(N)cc(Oc2cc(Cl)c(Cl)cc2Cl)c1. The minimum atomic E-state index is 0.0354. The smallest absolute Gasteiger partial charge is 0.147 e. The van der Waals surface area contributed by atoms with Gasteiger partial charge in [-0.15, -0.1) is 0 Å². The first kappa shape index (κ1) is 16.1. The van der Waals surface area contributed by atoms with Gasteiger partial charge in [-0.2, -0.15) is 0 Å². The number of hydrogen-bond donors (Lipinski definition) is 1. The van der Waals surface area contributed by atoms with Crippen molar-refractivity contribution in [2.75, 3.05) is 5.73 Å². The van der Waals surface area contributed by atoms with Gasteiger partial charge in [0.05, 0.1) is 21.2 Å². The van der Waals surface area contributed by atoms with Crippen LogP contribution in [0.25, 0.3) is 0 Å². The van der Waals surface area contributed by atoms with E-state index in [4.69, 9.17) is 50.0 Å². The quantitative estimate of drug-likeness (QED) is 0.561. The Hall–Kier alpha value is -1.29. The summed E-state index contributed by atoms with van der Waals surface area (Å²) in [7, 11) is 0. The van der Waals surface area contributed by atoms with Crippen LogP contribution in [0.2, 0.25) is 15.1 Å². The highest BCUT2D eigenvalue weighted by atomic mass is 35.5. The van der Waals surface area contributed by atoms with Gasteiger partial charge in [0.1, 0.15) is 17.2 Å². The summed E-state index contributed by atoms with van der Waals surface area (Å²) in [6, 6.07) is 8.21. The molecule has 0 saturated heterocycles. The molecule has 0 atom stereocenters. The normalized spacial score (nSPS) is 10.8. The van der Waals surface area contributed by atoms with E-state index in [2.05, 4.69) is 0 Å². The molecule has 112 valence electrons. The molecule has 0 aliphatic heterocycles. The van der Waals surface area contributed by atoms with Crippen molar-refractivity contribution < 1.29 is 9.47 Å². The molecule has 0 fully saturated rings. The maximum atomic E-state index is 6.08. The van der Waals surface area contributed by atoms with Crippen LogP contribution in [0.15, 0.2) is 30.3 Å². The molecule has 0 amide bonds. The molecule has 0 aromatic heterocycles. The number of halogens is 3. The zero-order valence-corrected chi connectivity index (χ0v) is 13.8. The highest BCUT2D eigenvalue weighted by Crippen LogP contribution is 2.37. The van der Waals surface area contributed by atoms with Gasteiger partial charge in [0.15, 0.2) is 0 Å². The van der Waals surface area contributed by atoms with Crippen molar-refractivity contribution in [3.05, 3.63) is 45.4 Å². The van der Waals surface area contributed by atoms with Crippen LogP contribution < -0.4 is 15.2 Å². The van der Waals surface area contributed by atoms with E-state index in [0.29, 0.717) is 38.0 Å². The van der Waals surface area contributed by atoms with Crippen molar-refractivity contribution in [2.24, 2.45) is 0 Å². The first-order valence-electron chi connectivity index (χ1n) is 6.25. The maximum absolute atomic E-state index is 6.08. The summed E-state index contributed by atoms with van der Waals surface area (Å²) in [5.41, 5.74) is 6.37. The van der Waals surface area contributed by atoms with Crippen LogP contribution in [-0.4, -0.2) is 6.10 Å². The number of anilines is 1. The Kier molecular flexibility index (Phi) is 5.09. The monoisotopic (exact) mass is 345 g/mol. The maximum Gasteiger partial charge on any atom is 0.147 e. The second-order valence-electron chi connectivity index (χ2n) is 4.70. The molecular formula is C15H14Cl3NO2. The molecule has 0 aliphatic rings. The van der Waals surface area contributed by atoms with Crippen molar-refractivity contribution in [3.63, 3.8) is 0 Å². The van der Waals surface area contributed by atoms with Gasteiger partial charge in [0.2, 0.25) is 0 Å². The molecule has 0 bridgehead atoms. The van der Waals surface area contributed by atoms with E-state index in [1.54, 1.807) is 24.3 Å². The van der Waals surface area contributed by atoms with Crippen LogP contribution in [0.5, 0.6) is 17.2 Å². The Morgan fingerprint density at radius 2 is 1.48 bits per heavy atom. The molecular weight excluding hydrogens is 333 g/mol. The Labute approximate surface area is 138 Å². The Morgan fingerprint density at radius 3 is 2.14 bits per heavy atom. The van der Waals surface area contributed by atoms with Gasteiger partial charge >= 0.3 is 0 Å². The second kappa shape index (κ2) is 6.65. The van der Waals surface area contributed by atoms with Gasteiger partial charge < -0.3 is 15.2 Å². The van der Waals surface area contributed by atoms with E-state index < -0.39 is 0 Å². The summed E-state index contributed by atoms with van der Waals surface area (Å²) in [4.78, 5) is 0. The van der Waals surface area contributed by atoms with Gasteiger partial charge in [-0.05, 0) is 19.9 Å². The van der Waals surface area contributed by atoms with Crippen molar-refractivity contribution in [3.8, 4) is 17.2 Å². The number of benzene rings is 2. The molecule has 21 heavy (non-hydrogen) atoms. The van der Waals surface area contributed by atoms with Crippen LogP contribution in [-0.2, 0) is 0 Å². The lowest BCUT2D eigenvalue weighted by molar-refractivity contribution is 0.242. The first-order chi connectivity index (χ1) is 9.85. The summed E-state index contributed by atoms with van der Waals surface area (Å²) in [5.74, 6) is 1.52. The molecule has 0 heterocycles. The Balaban J connectivity index is 2.31. The van der Waals surface area contributed by atoms with Crippen LogP contribution in [0.3, 0.4) is 0 Å². The van der Waals surface area contributed by atoms with Crippen molar-refractivity contribution in [2.45, 2.75) is 20.0 Å². The lowest BCUT2D eigenvalue weighted by atomic mass is 10.2. The number of hydrogen-bond acceptors (Lipinski definition) is 3. The molecule has 6 heteroatoms. The first-order valence-corrected chi connectivity index (χ1v) is 7.38. The van der Waals surface area contributed by atoms with E-state index in [9.17, 15) is 0 Å². The van der Waals surface area contributed by atoms with Gasteiger partial charge in [-0.3, -0.25) is 0 Å². The largest absolute Gasteiger partial charge is 0.491 e. The molecule has 2 aromatic rings. The molecule has 2 rings (SSSR count). The summed E-state index contributed by atoms with van der Waals surface area (Å²) in [6.07, 6.45) is 0.0354.